The van der Waals surface area contributed by atoms with Crippen molar-refractivity contribution in [3.05, 3.63) is 59.9 Å². The number of H-pyrrole nitrogens is 1. The van der Waals surface area contributed by atoms with Crippen molar-refractivity contribution < 1.29 is 14.4 Å². The highest BCUT2D eigenvalue weighted by Gasteiger charge is 2.35. The van der Waals surface area contributed by atoms with E-state index in [1.807, 2.05) is 48.3 Å². The van der Waals surface area contributed by atoms with Gasteiger partial charge >= 0.3 is 6.03 Å². The summed E-state index contributed by atoms with van der Waals surface area (Å²) in [4.78, 5) is 51.5. The lowest BCUT2D eigenvalue weighted by Crippen LogP contribution is -2.53. The highest BCUT2D eigenvalue weighted by molar-refractivity contribution is 6.09. The summed E-state index contributed by atoms with van der Waals surface area (Å²) < 4.78 is 0. The Kier molecular flexibility index (Phi) is 6.43. The third-order valence-corrected chi connectivity index (χ3v) is 6.48. The Labute approximate surface area is 209 Å². The Bertz CT molecular complexity index is 1300. The van der Waals surface area contributed by atoms with E-state index in [1.54, 1.807) is 17.2 Å². The van der Waals surface area contributed by atoms with E-state index in [0.717, 1.165) is 24.3 Å². The van der Waals surface area contributed by atoms with E-state index < -0.39 is 0 Å². The van der Waals surface area contributed by atoms with Crippen LogP contribution in [-0.2, 0) is 11.3 Å². The first-order chi connectivity index (χ1) is 17.4. The number of aromatic nitrogens is 2. The van der Waals surface area contributed by atoms with E-state index in [2.05, 4.69) is 25.5 Å². The molecule has 5 rings (SSSR count). The van der Waals surface area contributed by atoms with Gasteiger partial charge in [0.05, 0.1) is 30.0 Å². The number of pyridine rings is 1. The lowest BCUT2D eigenvalue weighted by atomic mass is 10.0. The van der Waals surface area contributed by atoms with Crippen LogP contribution in [0.3, 0.4) is 0 Å². The molecule has 1 fully saturated rings. The summed E-state index contributed by atoms with van der Waals surface area (Å²) in [5.74, 6) is 0.0635. The van der Waals surface area contributed by atoms with Gasteiger partial charge in [0.15, 0.2) is 5.78 Å². The highest BCUT2D eigenvalue weighted by atomic mass is 16.2. The number of hydrogen-bond donors (Lipinski definition) is 3. The average molecular weight is 488 g/mol. The number of rotatable bonds is 4. The minimum atomic E-state index is -0.221. The van der Waals surface area contributed by atoms with Crippen molar-refractivity contribution >= 4 is 34.9 Å². The molecule has 0 spiro atoms. The number of Topliss-reactive ketones (excluding diaryl/α,β-unsaturated/α-hetero) is 1. The number of nitrogens with one attached hydrogen (secondary N) is 3. The van der Waals surface area contributed by atoms with Crippen LogP contribution in [0, 0.1) is 0 Å². The first-order valence-electron chi connectivity index (χ1n) is 12.0. The molecule has 3 aromatic rings. The van der Waals surface area contributed by atoms with Gasteiger partial charge in [-0.05, 0) is 31.3 Å². The van der Waals surface area contributed by atoms with Crippen LogP contribution in [0.25, 0.3) is 11.3 Å². The number of anilines is 3. The number of likely N-dealkylation sites (N-methyl/N-ethyl adjacent to an activating group) is 1. The highest BCUT2D eigenvalue weighted by Crippen LogP contribution is 2.38. The number of carbonyl (C=O) groups is 3. The second-order valence-corrected chi connectivity index (χ2v) is 9.18. The monoisotopic (exact) mass is 487 g/mol. The Morgan fingerprint density at radius 1 is 1.00 bits per heavy atom. The van der Waals surface area contributed by atoms with Crippen LogP contribution >= 0.6 is 0 Å². The molecule has 0 unspecified atom stereocenters. The van der Waals surface area contributed by atoms with Gasteiger partial charge in [-0.1, -0.05) is 18.2 Å². The first kappa shape index (κ1) is 23.6. The molecule has 186 valence electrons. The van der Waals surface area contributed by atoms with E-state index in [4.69, 9.17) is 0 Å². The lowest BCUT2D eigenvalue weighted by molar-refractivity contribution is -0.114. The SMILES string of the molecule is CC(=O)Nc1cc(-c2[nH]c3c(c2Nc2ccccc2)C(=O)CN(C(=O)N2CCN(C)CC2)C3)ccn1. The topological polar surface area (TPSA) is 114 Å². The summed E-state index contributed by atoms with van der Waals surface area (Å²) in [5, 5.41) is 6.11. The molecular weight excluding hydrogens is 458 g/mol. The molecule has 2 aliphatic rings. The van der Waals surface area contributed by atoms with Crippen molar-refractivity contribution in [3.63, 3.8) is 0 Å². The summed E-state index contributed by atoms with van der Waals surface area (Å²) in [5.41, 5.74) is 4.16. The molecule has 2 aliphatic heterocycles. The molecule has 0 radical (unpaired) electrons. The van der Waals surface area contributed by atoms with Gasteiger partial charge in [-0.2, -0.15) is 0 Å². The number of urea groups is 1. The fourth-order valence-corrected chi connectivity index (χ4v) is 4.65. The molecule has 0 atom stereocenters. The van der Waals surface area contributed by atoms with Gasteiger partial charge in [-0.3, -0.25) is 9.59 Å². The molecule has 0 aliphatic carbocycles. The summed E-state index contributed by atoms with van der Waals surface area (Å²) in [6.45, 7) is 4.67. The number of nitrogens with zero attached hydrogens (tertiary/aromatic N) is 4. The zero-order valence-corrected chi connectivity index (χ0v) is 20.4. The van der Waals surface area contributed by atoms with Crippen LogP contribution in [0.4, 0.5) is 22.0 Å². The van der Waals surface area contributed by atoms with Crippen molar-refractivity contribution in [1.29, 1.82) is 0 Å². The molecule has 0 saturated carbocycles. The second kappa shape index (κ2) is 9.82. The van der Waals surface area contributed by atoms with Gasteiger partial charge in [-0.15, -0.1) is 0 Å². The Morgan fingerprint density at radius 3 is 2.47 bits per heavy atom. The number of piperazine rings is 1. The maximum absolute atomic E-state index is 13.5. The molecule has 2 aromatic heterocycles. The van der Waals surface area contributed by atoms with Crippen LogP contribution in [0.1, 0.15) is 23.0 Å². The minimum Gasteiger partial charge on any atom is -0.355 e. The summed E-state index contributed by atoms with van der Waals surface area (Å²) in [6, 6.07) is 13.1. The number of carbonyl (C=O) groups excluding carboxylic acids is 3. The lowest BCUT2D eigenvalue weighted by Gasteiger charge is -2.37. The van der Waals surface area contributed by atoms with Crippen molar-refractivity contribution in [2.24, 2.45) is 0 Å². The quantitative estimate of drug-likeness (QED) is 0.521. The van der Waals surface area contributed by atoms with Gasteiger partial charge in [0, 0.05) is 56.2 Å². The number of benzene rings is 1. The van der Waals surface area contributed by atoms with Gasteiger partial charge in [0.25, 0.3) is 0 Å². The van der Waals surface area contributed by atoms with Crippen LogP contribution in [0.15, 0.2) is 48.7 Å². The fourth-order valence-electron chi connectivity index (χ4n) is 4.65. The Hall–Kier alpha value is -4.18. The average Bonchev–Trinajstić information content (AvgIpc) is 3.23. The largest absolute Gasteiger partial charge is 0.355 e. The number of aromatic amines is 1. The third kappa shape index (κ3) is 4.80. The molecule has 1 saturated heterocycles. The predicted octanol–water partition coefficient (Wildman–Crippen LogP) is 3.14. The van der Waals surface area contributed by atoms with Gasteiger partial charge in [0.2, 0.25) is 5.91 Å². The van der Waals surface area contributed by atoms with Crippen LogP contribution in [0.2, 0.25) is 0 Å². The molecule has 0 bridgehead atoms. The zero-order chi connectivity index (χ0) is 25.2. The predicted molar refractivity (Wildman–Crippen MR) is 137 cm³/mol. The van der Waals surface area contributed by atoms with Crippen molar-refractivity contribution in [3.8, 4) is 11.3 Å². The number of ketones is 1. The smallest absolute Gasteiger partial charge is 0.320 e. The minimum absolute atomic E-state index is 0.0203. The number of fused-ring (bicyclic) bond motifs is 1. The van der Waals surface area contributed by atoms with Crippen molar-refractivity contribution in [1.82, 2.24) is 24.7 Å². The molecule has 3 amide bonds. The van der Waals surface area contributed by atoms with Crippen molar-refractivity contribution in [2.45, 2.75) is 13.5 Å². The fraction of sp³-hybridized carbons (Fsp3) is 0.308. The van der Waals surface area contributed by atoms with E-state index in [9.17, 15) is 14.4 Å². The molecule has 3 N–H and O–H groups in total. The van der Waals surface area contributed by atoms with E-state index in [-0.39, 0.29) is 24.3 Å². The molecule has 4 heterocycles. The van der Waals surface area contributed by atoms with E-state index in [0.29, 0.717) is 48.1 Å². The third-order valence-electron chi connectivity index (χ3n) is 6.48. The first-order valence-corrected chi connectivity index (χ1v) is 12.0. The Balaban J connectivity index is 1.51. The maximum Gasteiger partial charge on any atom is 0.320 e. The normalized spacial score (nSPS) is 16.0. The van der Waals surface area contributed by atoms with Crippen LogP contribution in [-0.4, -0.2) is 82.2 Å². The molecule has 36 heavy (non-hydrogen) atoms. The maximum atomic E-state index is 13.5. The van der Waals surface area contributed by atoms with Crippen molar-refractivity contribution in [2.75, 3.05) is 50.4 Å². The number of para-hydroxylation sites is 1. The van der Waals surface area contributed by atoms with E-state index >= 15 is 0 Å². The summed E-state index contributed by atoms with van der Waals surface area (Å²) in [6.07, 6.45) is 1.61. The zero-order valence-electron chi connectivity index (χ0n) is 20.4. The summed E-state index contributed by atoms with van der Waals surface area (Å²) in [7, 11) is 2.04. The van der Waals surface area contributed by atoms with Gasteiger partial charge in [0.1, 0.15) is 5.82 Å². The molecular formula is C26H29N7O3. The van der Waals surface area contributed by atoms with Gasteiger partial charge in [-0.25, -0.2) is 9.78 Å². The Morgan fingerprint density at radius 2 is 1.75 bits per heavy atom. The summed E-state index contributed by atoms with van der Waals surface area (Å²) >= 11 is 0. The standard InChI is InChI=1S/C26H29N7O3/c1-17(34)28-22-14-18(8-9-27-22)24-25(29-19-6-4-3-5-7-19)23-20(30-24)15-33(16-21(23)35)26(36)32-12-10-31(2)11-13-32/h3-9,14,29-30H,10-13,15-16H2,1-2H3,(H,27,28,34). The van der Waals surface area contributed by atoms with Gasteiger partial charge < -0.3 is 30.3 Å². The molecule has 10 nitrogen and oxygen atoms in total. The molecule has 10 heteroatoms. The second-order valence-electron chi connectivity index (χ2n) is 9.18. The molecule has 1 aromatic carbocycles. The van der Waals surface area contributed by atoms with Crippen LogP contribution < -0.4 is 10.6 Å². The number of amides is 3. The van der Waals surface area contributed by atoms with Crippen LogP contribution in [0.5, 0.6) is 0 Å². The van der Waals surface area contributed by atoms with E-state index in [1.165, 1.54) is 6.92 Å². The number of hydrogen-bond acceptors (Lipinski definition) is 6.